The SMILES string of the molecule is NCCc1cn(C2CC(C(=O)O)C2)nn1. The maximum atomic E-state index is 10.6. The van der Waals surface area contributed by atoms with Crippen molar-refractivity contribution in [2.24, 2.45) is 11.7 Å². The van der Waals surface area contributed by atoms with Crippen LogP contribution in [0.25, 0.3) is 0 Å². The summed E-state index contributed by atoms with van der Waals surface area (Å²) in [4.78, 5) is 10.6. The summed E-state index contributed by atoms with van der Waals surface area (Å²) in [5.41, 5.74) is 6.27. The molecule has 1 heterocycles. The summed E-state index contributed by atoms with van der Waals surface area (Å²) in [6.07, 6.45) is 3.88. The number of aliphatic carboxylic acids is 1. The fourth-order valence-electron chi connectivity index (χ4n) is 1.76. The third-order valence-corrected chi connectivity index (χ3v) is 2.79. The average molecular weight is 210 g/mol. The predicted octanol–water partition coefficient (Wildman–Crippen LogP) is -0.185. The van der Waals surface area contributed by atoms with Crippen molar-refractivity contribution in [2.75, 3.05) is 6.54 Å². The topological polar surface area (TPSA) is 94.0 Å². The van der Waals surface area contributed by atoms with Gasteiger partial charge in [0.1, 0.15) is 0 Å². The van der Waals surface area contributed by atoms with Crippen LogP contribution in [0.1, 0.15) is 24.6 Å². The van der Waals surface area contributed by atoms with Gasteiger partial charge in [-0.1, -0.05) is 5.21 Å². The minimum absolute atomic E-state index is 0.199. The van der Waals surface area contributed by atoms with Crippen LogP contribution in [-0.2, 0) is 11.2 Å². The number of carboxylic acids is 1. The average Bonchev–Trinajstić information content (AvgIpc) is 2.50. The van der Waals surface area contributed by atoms with Gasteiger partial charge in [0.2, 0.25) is 0 Å². The maximum absolute atomic E-state index is 10.6. The second-order valence-corrected chi connectivity index (χ2v) is 3.89. The molecule has 0 spiro atoms. The molecular formula is C9H14N4O2. The van der Waals surface area contributed by atoms with E-state index in [9.17, 15) is 4.79 Å². The first-order valence-electron chi connectivity index (χ1n) is 5.04. The van der Waals surface area contributed by atoms with Crippen molar-refractivity contribution in [1.82, 2.24) is 15.0 Å². The second-order valence-electron chi connectivity index (χ2n) is 3.89. The first-order chi connectivity index (χ1) is 7.20. The van der Waals surface area contributed by atoms with Gasteiger partial charge in [-0.15, -0.1) is 5.10 Å². The molecule has 0 amide bonds. The van der Waals surface area contributed by atoms with E-state index in [0.29, 0.717) is 19.4 Å². The predicted molar refractivity (Wildman–Crippen MR) is 52.2 cm³/mol. The smallest absolute Gasteiger partial charge is 0.306 e. The summed E-state index contributed by atoms with van der Waals surface area (Å²) in [7, 11) is 0. The minimum Gasteiger partial charge on any atom is -0.481 e. The van der Waals surface area contributed by atoms with Crippen LogP contribution in [0.4, 0.5) is 0 Å². The summed E-state index contributed by atoms with van der Waals surface area (Å²) in [5, 5.41) is 16.7. The summed E-state index contributed by atoms with van der Waals surface area (Å²) in [5.74, 6) is -0.925. The Morgan fingerprint density at radius 2 is 2.40 bits per heavy atom. The number of carbonyl (C=O) groups is 1. The number of aromatic nitrogens is 3. The van der Waals surface area contributed by atoms with Gasteiger partial charge in [-0.3, -0.25) is 4.79 Å². The summed E-state index contributed by atoms with van der Waals surface area (Å²) in [6, 6.07) is 0.199. The van der Waals surface area contributed by atoms with E-state index in [2.05, 4.69) is 10.3 Å². The monoisotopic (exact) mass is 210 g/mol. The van der Waals surface area contributed by atoms with Crippen LogP contribution >= 0.6 is 0 Å². The third kappa shape index (κ3) is 1.99. The van der Waals surface area contributed by atoms with Gasteiger partial charge in [-0.25, -0.2) is 4.68 Å². The normalized spacial score (nSPS) is 24.9. The van der Waals surface area contributed by atoms with E-state index in [1.165, 1.54) is 0 Å². The Kier molecular flexibility index (Phi) is 2.68. The number of hydrogen-bond acceptors (Lipinski definition) is 4. The van der Waals surface area contributed by atoms with Crippen molar-refractivity contribution < 1.29 is 9.90 Å². The Balaban J connectivity index is 1.92. The highest BCUT2D eigenvalue weighted by molar-refractivity contribution is 5.71. The van der Waals surface area contributed by atoms with E-state index < -0.39 is 5.97 Å². The van der Waals surface area contributed by atoms with Gasteiger partial charge in [0.05, 0.1) is 17.7 Å². The minimum atomic E-state index is -0.714. The fraction of sp³-hybridized carbons (Fsp3) is 0.667. The lowest BCUT2D eigenvalue weighted by molar-refractivity contribution is -0.146. The standard InChI is InChI=1S/C9H14N4O2/c10-2-1-7-5-13(12-11-7)8-3-6(4-8)9(14)15/h5-6,8H,1-4,10H2,(H,14,15). The molecule has 0 aromatic carbocycles. The molecule has 0 saturated heterocycles. The molecule has 6 heteroatoms. The van der Waals surface area contributed by atoms with Gasteiger partial charge in [0, 0.05) is 12.6 Å². The highest BCUT2D eigenvalue weighted by atomic mass is 16.4. The van der Waals surface area contributed by atoms with Crippen LogP contribution in [0, 0.1) is 5.92 Å². The molecule has 2 rings (SSSR count). The molecule has 3 N–H and O–H groups in total. The molecule has 1 aromatic rings. The number of nitrogens with zero attached hydrogens (tertiary/aromatic N) is 3. The Morgan fingerprint density at radius 1 is 1.67 bits per heavy atom. The van der Waals surface area contributed by atoms with E-state index in [4.69, 9.17) is 10.8 Å². The molecular weight excluding hydrogens is 196 g/mol. The van der Waals surface area contributed by atoms with E-state index in [1.54, 1.807) is 4.68 Å². The number of carboxylic acid groups (broad SMARTS) is 1. The summed E-state index contributed by atoms with van der Waals surface area (Å²) >= 11 is 0. The quantitative estimate of drug-likeness (QED) is 0.718. The zero-order chi connectivity index (χ0) is 10.8. The van der Waals surface area contributed by atoms with Crippen LogP contribution in [0.15, 0.2) is 6.20 Å². The first kappa shape index (κ1) is 10.1. The lowest BCUT2D eigenvalue weighted by Crippen LogP contribution is -2.32. The molecule has 0 radical (unpaired) electrons. The number of rotatable bonds is 4. The Hall–Kier alpha value is -1.43. The molecule has 1 aromatic heterocycles. The van der Waals surface area contributed by atoms with Crippen LogP contribution in [0.5, 0.6) is 0 Å². The van der Waals surface area contributed by atoms with E-state index in [0.717, 1.165) is 12.1 Å². The van der Waals surface area contributed by atoms with Gasteiger partial charge in [-0.2, -0.15) is 0 Å². The van der Waals surface area contributed by atoms with E-state index >= 15 is 0 Å². The van der Waals surface area contributed by atoms with Crippen molar-refractivity contribution in [3.63, 3.8) is 0 Å². The van der Waals surface area contributed by atoms with Crippen molar-refractivity contribution in [2.45, 2.75) is 25.3 Å². The second kappa shape index (κ2) is 3.98. The van der Waals surface area contributed by atoms with E-state index in [1.807, 2.05) is 6.20 Å². The zero-order valence-electron chi connectivity index (χ0n) is 8.33. The molecule has 1 aliphatic carbocycles. The van der Waals surface area contributed by atoms with Crippen molar-refractivity contribution >= 4 is 5.97 Å². The highest BCUT2D eigenvalue weighted by Gasteiger charge is 2.36. The summed E-state index contributed by atoms with van der Waals surface area (Å²) < 4.78 is 1.75. The number of hydrogen-bond donors (Lipinski definition) is 2. The largest absolute Gasteiger partial charge is 0.481 e. The molecule has 1 aliphatic rings. The fourth-order valence-corrected chi connectivity index (χ4v) is 1.76. The molecule has 1 saturated carbocycles. The molecule has 0 bridgehead atoms. The molecule has 1 fully saturated rings. The zero-order valence-corrected chi connectivity index (χ0v) is 8.33. The molecule has 0 unspecified atom stereocenters. The molecule has 0 atom stereocenters. The van der Waals surface area contributed by atoms with Crippen LogP contribution in [-0.4, -0.2) is 32.6 Å². The van der Waals surface area contributed by atoms with Gasteiger partial charge >= 0.3 is 5.97 Å². The summed E-state index contributed by atoms with van der Waals surface area (Å²) in [6.45, 7) is 0.557. The van der Waals surface area contributed by atoms with Gasteiger partial charge < -0.3 is 10.8 Å². The molecule has 0 aliphatic heterocycles. The third-order valence-electron chi connectivity index (χ3n) is 2.79. The lowest BCUT2D eigenvalue weighted by atomic mass is 9.80. The highest BCUT2D eigenvalue weighted by Crippen LogP contribution is 2.37. The first-order valence-corrected chi connectivity index (χ1v) is 5.04. The Morgan fingerprint density at radius 3 is 3.00 bits per heavy atom. The van der Waals surface area contributed by atoms with Crippen molar-refractivity contribution in [3.8, 4) is 0 Å². The Bertz CT molecular complexity index is 357. The van der Waals surface area contributed by atoms with E-state index in [-0.39, 0.29) is 12.0 Å². The maximum Gasteiger partial charge on any atom is 0.306 e. The van der Waals surface area contributed by atoms with Gasteiger partial charge in [0.25, 0.3) is 0 Å². The van der Waals surface area contributed by atoms with Gasteiger partial charge in [-0.05, 0) is 19.4 Å². The molecule has 15 heavy (non-hydrogen) atoms. The van der Waals surface area contributed by atoms with Crippen LogP contribution in [0.2, 0.25) is 0 Å². The van der Waals surface area contributed by atoms with Crippen molar-refractivity contribution in [3.05, 3.63) is 11.9 Å². The van der Waals surface area contributed by atoms with Crippen LogP contribution < -0.4 is 5.73 Å². The molecule has 6 nitrogen and oxygen atoms in total. The lowest BCUT2D eigenvalue weighted by Gasteiger charge is -2.31. The van der Waals surface area contributed by atoms with Gasteiger partial charge in [0.15, 0.2) is 0 Å². The number of nitrogens with two attached hydrogens (primary N) is 1. The molecule has 82 valence electrons. The Labute approximate surface area is 87.1 Å². The van der Waals surface area contributed by atoms with Crippen LogP contribution in [0.3, 0.4) is 0 Å². The van der Waals surface area contributed by atoms with Crippen molar-refractivity contribution in [1.29, 1.82) is 0 Å².